The molecule has 0 fully saturated rings. The van der Waals surface area contributed by atoms with Crippen LogP contribution in [-0.2, 0) is 22.4 Å². The van der Waals surface area contributed by atoms with Gasteiger partial charge in [0.1, 0.15) is 11.1 Å². The van der Waals surface area contributed by atoms with Gasteiger partial charge < -0.3 is 16.2 Å². The van der Waals surface area contributed by atoms with Crippen LogP contribution in [-0.4, -0.2) is 28.1 Å². The molecular weight excluding hydrogens is 364 g/mol. The average molecular weight is 392 g/mol. The summed E-state index contributed by atoms with van der Waals surface area (Å²) in [5.74, 6) is -1.66. The molecule has 0 saturated heterocycles. The number of benzene rings is 2. The maximum Gasteiger partial charge on any atom is 0.330 e. The van der Waals surface area contributed by atoms with Gasteiger partial charge in [-0.15, -0.1) is 13.2 Å². The van der Waals surface area contributed by atoms with Crippen LogP contribution in [0.15, 0.2) is 86.0 Å². The van der Waals surface area contributed by atoms with Gasteiger partial charge in [-0.05, 0) is 30.4 Å². The number of carbonyl (C=O) groups excluding carboxylic acids is 1. The molecule has 29 heavy (non-hydrogen) atoms. The summed E-state index contributed by atoms with van der Waals surface area (Å²) in [6.45, 7) is 7.39. The summed E-state index contributed by atoms with van der Waals surface area (Å²) in [5.41, 5.74) is 5.31. The van der Waals surface area contributed by atoms with Crippen molar-refractivity contribution in [3.63, 3.8) is 0 Å². The smallest absolute Gasteiger partial charge is 0.330 e. The van der Waals surface area contributed by atoms with Gasteiger partial charge in [0.25, 0.3) is 0 Å². The minimum Gasteiger partial charge on any atom is -0.479 e. The van der Waals surface area contributed by atoms with Crippen LogP contribution in [0.25, 0.3) is 0 Å². The minimum absolute atomic E-state index is 0.0679. The molecule has 4 N–H and O–H groups in total. The van der Waals surface area contributed by atoms with Crippen molar-refractivity contribution >= 4 is 11.9 Å². The van der Waals surface area contributed by atoms with Gasteiger partial charge in [-0.2, -0.15) is 0 Å². The van der Waals surface area contributed by atoms with E-state index in [1.807, 2.05) is 60.7 Å². The zero-order chi connectivity index (χ0) is 21.3. The van der Waals surface area contributed by atoms with Crippen LogP contribution in [0.1, 0.15) is 24.0 Å². The molecular formula is C24H28N2O3. The lowest BCUT2D eigenvalue weighted by Crippen LogP contribution is -2.64. The lowest BCUT2D eigenvalue weighted by atomic mass is 9.83. The van der Waals surface area contributed by atoms with Crippen LogP contribution >= 0.6 is 0 Å². The first-order valence-corrected chi connectivity index (χ1v) is 9.50. The van der Waals surface area contributed by atoms with Gasteiger partial charge in [-0.1, -0.05) is 72.8 Å². The number of carboxylic acids is 1. The minimum atomic E-state index is -1.54. The molecule has 5 heteroatoms. The van der Waals surface area contributed by atoms with E-state index in [-0.39, 0.29) is 25.7 Å². The van der Waals surface area contributed by atoms with Crippen molar-refractivity contribution in [1.82, 2.24) is 5.32 Å². The van der Waals surface area contributed by atoms with Gasteiger partial charge >= 0.3 is 5.97 Å². The zero-order valence-corrected chi connectivity index (χ0v) is 16.5. The van der Waals surface area contributed by atoms with Crippen molar-refractivity contribution in [2.75, 3.05) is 0 Å². The average Bonchev–Trinajstić information content (AvgIpc) is 2.69. The lowest BCUT2D eigenvalue weighted by Gasteiger charge is -2.35. The first-order chi connectivity index (χ1) is 13.8. The molecule has 0 aliphatic rings. The Morgan fingerprint density at radius 3 is 1.83 bits per heavy atom. The second-order valence-electron chi connectivity index (χ2n) is 7.31. The first-order valence-electron chi connectivity index (χ1n) is 9.50. The van der Waals surface area contributed by atoms with Crippen LogP contribution in [0, 0.1) is 0 Å². The molecule has 0 bridgehead atoms. The van der Waals surface area contributed by atoms with Crippen molar-refractivity contribution in [3.05, 3.63) is 97.1 Å². The van der Waals surface area contributed by atoms with Crippen molar-refractivity contribution in [2.24, 2.45) is 5.73 Å². The highest BCUT2D eigenvalue weighted by atomic mass is 16.4. The Labute approximate surface area is 171 Å². The molecule has 0 radical (unpaired) electrons. The predicted molar refractivity (Wildman–Crippen MR) is 115 cm³/mol. The quantitative estimate of drug-likeness (QED) is 0.512. The summed E-state index contributed by atoms with van der Waals surface area (Å²) < 4.78 is 0. The fourth-order valence-electron chi connectivity index (χ4n) is 3.38. The van der Waals surface area contributed by atoms with Crippen molar-refractivity contribution in [1.29, 1.82) is 0 Å². The Kier molecular flexibility index (Phi) is 7.51. The van der Waals surface area contributed by atoms with Gasteiger partial charge in [-0.25, -0.2) is 4.79 Å². The number of rotatable bonds is 11. The molecule has 2 aromatic rings. The monoisotopic (exact) mass is 392 g/mol. The van der Waals surface area contributed by atoms with Crippen molar-refractivity contribution in [2.45, 2.75) is 36.8 Å². The number of hydrogen-bond acceptors (Lipinski definition) is 3. The highest BCUT2D eigenvalue weighted by molar-refractivity contribution is 5.92. The molecule has 2 aromatic carbocycles. The molecule has 5 nitrogen and oxygen atoms in total. The SMILES string of the molecule is C=CC[C@](N)(Cc1ccccc1)C(=O)N[C@@](CC=C)(Cc1ccccc1)C(=O)O. The standard InChI is InChI=1S/C24H28N2O3/c1-3-15-23(25,17-19-11-7-5-8-12-19)21(27)26-24(16-4-2,22(28)29)18-20-13-9-6-10-14-20/h3-14H,1-2,15-18,25H2,(H,26,27)(H,28,29)/t23-,24-/m0/s1. The molecule has 0 saturated carbocycles. The van der Waals surface area contributed by atoms with E-state index >= 15 is 0 Å². The molecule has 152 valence electrons. The molecule has 0 aliphatic carbocycles. The van der Waals surface area contributed by atoms with Gasteiger partial charge in [0.05, 0.1) is 0 Å². The maximum atomic E-state index is 13.3. The van der Waals surface area contributed by atoms with E-state index in [2.05, 4.69) is 18.5 Å². The summed E-state index contributed by atoms with van der Waals surface area (Å²) in [7, 11) is 0. The third kappa shape index (κ3) is 5.65. The molecule has 0 unspecified atom stereocenters. The van der Waals surface area contributed by atoms with Crippen molar-refractivity contribution in [3.8, 4) is 0 Å². The number of nitrogens with one attached hydrogen (secondary N) is 1. The topological polar surface area (TPSA) is 92.4 Å². The lowest BCUT2D eigenvalue weighted by molar-refractivity contribution is -0.148. The number of nitrogens with two attached hydrogens (primary N) is 1. The fraction of sp³-hybridized carbons (Fsp3) is 0.250. The summed E-state index contributed by atoms with van der Waals surface area (Å²) >= 11 is 0. The van der Waals surface area contributed by atoms with Gasteiger partial charge in [0, 0.05) is 6.42 Å². The van der Waals surface area contributed by atoms with E-state index in [4.69, 9.17) is 5.73 Å². The molecule has 0 spiro atoms. The molecule has 0 aliphatic heterocycles. The van der Waals surface area contributed by atoms with E-state index in [1.165, 1.54) is 6.08 Å². The Bertz CT molecular complexity index is 851. The van der Waals surface area contributed by atoms with Gasteiger partial charge in [-0.3, -0.25) is 4.79 Å². The van der Waals surface area contributed by atoms with Crippen LogP contribution in [0.2, 0.25) is 0 Å². The second-order valence-corrected chi connectivity index (χ2v) is 7.31. The largest absolute Gasteiger partial charge is 0.479 e. The van der Waals surface area contributed by atoms with E-state index < -0.39 is 23.0 Å². The third-order valence-electron chi connectivity index (χ3n) is 4.93. The Hall–Kier alpha value is -3.18. The van der Waals surface area contributed by atoms with Crippen LogP contribution in [0.4, 0.5) is 0 Å². The van der Waals surface area contributed by atoms with Crippen molar-refractivity contribution < 1.29 is 14.7 Å². The number of hydrogen-bond donors (Lipinski definition) is 3. The fourth-order valence-corrected chi connectivity index (χ4v) is 3.38. The highest BCUT2D eigenvalue weighted by Crippen LogP contribution is 2.23. The molecule has 0 aromatic heterocycles. The van der Waals surface area contributed by atoms with Gasteiger partial charge in [0.2, 0.25) is 5.91 Å². The van der Waals surface area contributed by atoms with E-state index in [0.29, 0.717) is 0 Å². The zero-order valence-electron chi connectivity index (χ0n) is 16.5. The summed E-state index contributed by atoms with van der Waals surface area (Å²) in [6, 6.07) is 18.6. The van der Waals surface area contributed by atoms with E-state index in [9.17, 15) is 14.7 Å². The Morgan fingerprint density at radius 2 is 1.38 bits per heavy atom. The summed E-state index contributed by atoms with van der Waals surface area (Å²) in [4.78, 5) is 25.5. The van der Waals surface area contributed by atoms with Crippen LogP contribution in [0.5, 0.6) is 0 Å². The second kappa shape index (κ2) is 9.85. The maximum absolute atomic E-state index is 13.3. The van der Waals surface area contributed by atoms with E-state index in [1.54, 1.807) is 6.08 Å². The number of amides is 1. The molecule has 0 heterocycles. The molecule has 2 rings (SSSR count). The van der Waals surface area contributed by atoms with E-state index in [0.717, 1.165) is 11.1 Å². The summed E-state index contributed by atoms with van der Waals surface area (Å²) in [5, 5.41) is 12.8. The normalized spacial score (nSPS) is 14.8. The molecule has 1 amide bonds. The predicted octanol–water partition coefficient (Wildman–Crippen LogP) is 3.26. The molecule has 2 atom stereocenters. The number of aliphatic carboxylic acids is 1. The number of carboxylic acid groups (broad SMARTS) is 1. The van der Waals surface area contributed by atoms with Gasteiger partial charge in [0.15, 0.2) is 0 Å². The Morgan fingerprint density at radius 1 is 0.897 bits per heavy atom. The number of carbonyl (C=O) groups is 2. The third-order valence-corrected chi connectivity index (χ3v) is 4.93. The first kappa shape index (κ1) is 22.1. The van der Waals surface area contributed by atoms with Crippen LogP contribution < -0.4 is 11.1 Å². The highest BCUT2D eigenvalue weighted by Gasteiger charge is 2.43. The Balaban J connectivity index is 2.35. The summed E-state index contributed by atoms with van der Waals surface area (Å²) in [6.07, 6.45) is 3.74. The van der Waals surface area contributed by atoms with Crippen LogP contribution in [0.3, 0.4) is 0 Å².